The van der Waals surface area contributed by atoms with Crippen LogP contribution in [0.2, 0.25) is 0 Å². The van der Waals surface area contributed by atoms with Gasteiger partial charge in [-0.05, 0) is 72.7 Å². The van der Waals surface area contributed by atoms with Crippen LogP contribution in [-0.4, -0.2) is 61.4 Å². The molecule has 1 aliphatic heterocycles. The van der Waals surface area contributed by atoms with E-state index < -0.39 is 15.9 Å². The van der Waals surface area contributed by atoms with E-state index in [1.165, 1.54) is 15.4 Å². The smallest absolute Gasteiger partial charge is 0.261 e. The van der Waals surface area contributed by atoms with Crippen molar-refractivity contribution >= 4 is 54.9 Å². The van der Waals surface area contributed by atoms with Gasteiger partial charge in [-0.1, -0.05) is 76.6 Å². The molecule has 1 heterocycles. The van der Waals surface area contributed by atoms with Crippen molar-refractivity contribution in [3.8, 4) is 5.75 Å². The lowest BCUT2D eigenvalue weighted by Gasteiger charge is -2.39. The van der Waals surface area contributed by atoms with Crippen LogP contribution in [0.15, 0.2) is 112 Å². The van der Waals surface area contributed by atoms with E-state index in [2.05, 4.69) is 55.7 Å². The zero-order valence-corrected chi connectivity index (χ0v) is 27.4. The first kappa shape index (κ1) is 31.8. The lowest BCUT2D eigenvalue weighted by Crippen LogP contribution is -2.49. The summed E-state index contributed by atoms with van der Waals surface area (Å²) in [6, 6.07) is 32.2. The standard InChI is InChI=1S/C33H33BrN4O4S2/c1-2-42-30-18-13-26(34)23-29(30)32(39)36-33(43)35-27-14-16-28(17-15-27)44(40,41)38-21-19-37(20-22-38)31(24-9-5-3-6-10-24)25-11-7-4-8-12-25/h3-18,23,31H,2,19-22H2,1H3,(H2,35,36,39,43). The Labute approximate surface area is 272 Å². The molecule has 2 N–H and O–H groups in total. The van der Waals surface area contributed by atoms with E-state index in [1.54, 1.807) is 42.5 Å². The van der Waals surface area contributed by atoms with Gasteiger partial charge in [-0.2, -0.15) is 4.31 Å². The number of benzene rings is 4. The number of rotatable bonds is 9. The molecule has 1 amide bonds. The number of thiocarbonyl (C=S) groups is 1. The fourth-order valence-electron chi connectivity index (χ4n) is 5.24. The van der Waals surface area contributed by atoms with E-state index in [9.17, 15) is 13.2 Å². The fourth-order valence-corrected chi connectivity index (χ4v) is 7.23. The third-order valence-electron chi connectivity index (χ3n) is 7.33. The summed E-state index contributed by atoms with van der Waals surface area (Å²) < 4.78 is 34.9. The molecule has 0 unspecified atom stereocenters. The average molecular weight is 694 g/mol. The summed E-state index contributed by atoms with van der Waals surface area (Å²) in [6.07, 6.45) is 0. The molecular formula is C33H33BrN4O4S2. The lowest BCUT2D eigenvalue weighted by molar-refractivity contribution is 0.0974. The van der Waals surface area contributed by atoms with Gasteiger partial charge in [0.1, 0.15) is 5.75 Å². The van der Waals surface area contributed by atoms with Crippen LogP contribution in [0.3, 0.4) is 0 Å². The highest BCUT2D eigenvalue weighted by Crippen LogP contribution is 2.31. The number of carbonyl (C=O) groups excluding carboxylic acids is 1. The van der Waals surface area contributed by atoms with E-state index in [-0.39, 0.29) is 16.0 Å². The number of anilines is 1. The SMILES string of the molecule is CCOc1ccc(Br)cc1C(=O)NC(=S)Nc1ccc(S(=O)(=O)N2CCN(C(c3ccccc3)c3ccccc3)CC2)cc1. The van der Waals surface area contributed by atoms with Crippen LogP contribution in [0.5, 0.6) is 5.75 Å². The van der Waals surface area contributed by atoms with Crippen molar-refractivity contribution in [3.05, 3.63) is 124 Å². The highest BCUT2D eigenvalue weighted by atomic mass is 79.9. The summed E-state index contributed by atoms with van der Waals surface area (Å²) >= 11 is 8.71. The van der Waals surface area contributed by atoms with E-state index in [0.29, 0.717) is 49.8 Å². The monoisotopic (exact) mass is 692 g/mol. The Morgan fingerprint density at radius 3 is 2.05 bits per heavy atom. The van der Waals surface area contributed by atoms with E-state index in [0.717, 1.165) is 4.47 Å². The zero-order valence-electron chi connectivity index (χ0n) is 24.1. The Balaban J connectivity index is 1.21. The zero-order chi connectivity index (χ0) is 31.1. The highest BCUT2D eigenvalue weighted by Gasteiger charge is 2.32. The maximum Gasteiger partial charge on any atom is 0.261 e. The molecule has 4 aromatic carbocycles. The van der Waals surface area contributed by atoms with Gasteiger partial charge in [0.05, 0.1) is 23.1 Å². The van der Waals surface area contributed by atoms with E-state index in [1.807, 2.05) is 43.3 Å². The molecule has 1 aliphatic rings. The van der Waals surface area contributed by atoms with Gasteiger partial charge in [-0.3, -0.25) is 15.0 Å². The average Bonchev–Trinajstić information content (AvgIpc) is 3.03. The van der Waals surface area contributed by atoms with Gasteiger partial charge in [0, 0.05) is 36.3 Å². The molecule has 0 atom stereocenters. The quantitative estimate of drug-likeness (QED) is 0.206. The Bertz CT molecular complexity index is 1660. The number of nitrogens with zero attached hydrogens (tertiary/aromatic N) is 2. The molecule has 0 bridgehead atoms. The van der Waals surface area contributed by atoms with Gasteiger partial charge in [0.2, 0.25) is 10.0 Å². The van der Waals surface area contributed by atoms with Gasteiger partial charge in [-0.25, -0.2) is 8.42 Å². The predicted molar refractivity (Wildman–Crippen MR) is 180 cm³/mol. The summed E-state index contributed by atoms with van der Waals surface area (Å²) in [5.41, 5.74) is 3.25. The summed E-state index contributed by atoms with van der Waals surface area (Å²) in [7, 11) is -3.70. The minimum atomic E-state index is -3.70. The third kappa shape index (κ3) is 7.54. The van der Waals surface area contributed by atoms with Crippen molar-refractivity contribution in [1.29, 1.82) is 0 Å². The first-order chi connectivity index (χ1) is 21.3. The third-order valence-corrected chi connectivity index (χ3v) is 9.94. The summed E-state index contributed by atoms with van der Waals surface area (Å²) in [6.45, 7) is 4.22. The Morgan fingerprint density at radius 2 is 1.48 bits per heavy atom. The fraction of sp³-hybridized carbons (Fsp3) is 0.212. The van der Waals surface area contributed by atoms with Crippen LogP contribution in [-0.2, 0) is 10.0 Å². The molecule has 4 aromatic rings. The molecule has 0 saturated carbocycles. The number of ether oxygens (including phenoxy) is 1. The topological polar surface area (TPSA) is 91.0 Å². The van der Waals surface area contributed by atoms with Crippen molar-refractivity contribution in [3.63, 3.8) is 0 Å². The molecule has 228 valence electrons. The predicted octanol–water partition coefficient (Wildman–Crippen LogP) is 6.07. The van der Waals surface area contributed by atoms with Gasteiger partial charge in [0.25, 0.3) is 5.91 Å². The van der Waals surface area contributed by atoms with Crippen LogP contribution in [0, 0.1) is 0 Å². The minimum Gasteiger partial charge on any atom is -0.493 e. The van der Waals surface area contributed by atoms with Gasteiger partial charge in [-0.15, -0.1) is 0 Å². The van der Waals surface area contributed by atoms with Gasteiger partial charge in [0.15, 0.2) is 5.11 Å². The van der Waals surface area contributed by atoms with Gasteiger partial charge < -0.3 is 10.1 Å². The normalized spacial score (nSPS) is 14.2. The lowest BCUT2D eigenvalue weighted by atomic mass is 9.96. The molecule has 5 rings (SSSR count). The second-order valence-corrected chi connectivity index (χ2v) is 13.4. The molecule has 1 fully saturated rings. The molecule has 0 spiro atoms. The second-order valence-electron chi connectivity index (χ2n) is 10.2. The Kier molecular flexibility index (Phi) is 10.4. The van der Waals surface area contributed by atoms with Crippen molar-refractivity contribution in [1.82, 2.24) is 14.5 Å². The molecular weight excluding hydrogens is 660 g/mol. The minimum absolute atomic E-state index is 0.0473. The maximum absolute atomic E-state index is 13.5. The number of hydrogen-bond acceptors (Lipinski definition) is 6. The molecule has 11 heteroatoms. The Morgan fingerprint density at radius 1 is 0.886 bits per heavy atom. The van der Waals surface area contributed by atoms with E-state index >= 15 is 0 Å². The molecule has 0 aromatic heterocycles. The number of halogens is 1. The molecule has 8 nitrogen and oxygen atoms in total. The van der Waals surface area contributed by atoms with E-state index in [4.69, 9.17) is 17.0 Å². The number of nitrogens with one attached hydrogen (secondary N) is 2. The highest BCUT2D eigenvalue weighted by molar-refractivity contribution is 9.10. The number of hydrogen-bond donors (Lipinski definition) is 2. The van der Waals surface area contributed by atoms with Gasteiger partial charge >= 0.3 is 0 Å². The number of amides is 1. The first-order valence-electron chi connectivity index (χ1n) is 14.2. The number of sulfonamides is 1. The number of carbonyl (C=O) groups is 1. The number of piperazine rings is 1. The summed E-state index contributed by atoms with van der Waals surface area (Å²) in [4.78, 5) is 15.4. The second kappa shape index (κ2) is 14.4. The van der Waals surface area contributed by atoms with Crippen LogP contribution < -0.4 is 15.4 Å². The first-order valence-corrected chi connectivity index (χ1v) is 16.9. The van der Waals surface area contributed by atoms with Crippen LogP contribution >= 0.6 is 28.1 Å². The van der Waals surface area contributed by atoms with Crippen molar-refractivity contribution < 1.29 is 17.9 Å². The summed E-state index contributed by atoms with van der Waals surface area (Å²) in [5, 5.41) is 5.68. The molecule has 44 heavy (non-hydrogen) atoms. The molecule has 1 saturated heterocycles. The van der Waals surface area contributed by atoms with Crippen molar-refractivity contribution in [2.75, 3.05) is 38.1 Å². The molecule has 0 aliphatic carbocycles. The van der Waals surface area contributed by atoms with Crippen molar-refractivity contribution in [2.24, 2.45) is 0 Å². The largest absolute Gasteiger partial charge is 0.493 e. The Hall–Kier alpha value is -3.61. The van der Waals surface area contributed by atoms with Crippen LogP contribution in [0.25, 0.3) is 0 Å². The maximum atomic E-state index is 13.5. The molecule has 0 radical (unpaired) electrons. The summed E-state index contributed by atoms with van der Waals surface area (Å²) in [5.74, 6) is 0.0226. The van der Waals surface area contributed by atoms with Crippen LogP contribution in [0.1, 0.15) is 34.5 Å². The van der Waals surface area contributed by atoms with Crippen molar-refractivity contribution in [2.45, 2.75) is 17.9 Å². The van der Waals surface area contributed by atoms with Crippen LogP contribution in [0.4, 0.5) is 5.69 Å².